The molecule has 0 aliphatic carbocycles. The fourth-order valence-electron chi connectivity index (χ4n) is 2.71. The lowest BCUT2D eigenvalue weighted by Crippen LogP contribution is -2.20. The molecular weight excluding hydrogens is 424 g/mol. The highest BCUT2D eigenvalue weighted by Crippen LogP contribution is 2.30. The van der Waals surface area contributed by atoms with Gasteiger partial charge in [-0.05, 0) is 46.9 Å². The van der Waals surface area contributed by atoms with E-state index < -0.39 is 5.91 Å². The molecule has 0 spiro atoms. The highest BCUT2D eigenvalue weighted by molar-refractivity contribution is 7.13. The zero-order valence-corrected chi connectivity index (χ0v) is 17.1. The number of nitrogens with two attached hydrogens (primary N) is 1. The quantitative estimate of drug-likeness (QED) is 0.299. The number of phenolic OH excluding ortho intramolecular Hbond substituents is 1. The summed E-state index contributed by atoms with van der Waals surface area (Å²) in [5.41, 5.74) is 9.77. The summed E-state index contributed by atoms with van der Waals surface area (Å²) in [6.07, 6.45) is 0. The average molecular weight is 440 g/mol. The Balaban J connectivity index is 1.66. The number of methoxy groups -OCH3 is 1. The smallest absolute Gasteiger partial charge is 0.294 e. The van der Waals surface area contributed by atoms with Gasteiger partial charge in [-0.2, -0.15) is 9.78 Å². The molecule has 3 aromatic heterocycles. The summed E-state index contributed by atoms with van der Waals surface area (Å²) >= 11 is 1.38. The van der Waals surface area contributed by atoms with Gasteiger partial charge in [0.1, 0.15) is 5.69 Å². The summed E-state index contributed by atoms with van der Waals surface area (Å²) in [7, 11) is 1.44. The van der Waals surface area contributed by atoms with E-state index in [-0.39, 0.29) is 23.1 Å². The molecule has 4 rings (SSSR count). The molecule has 1 aromatic carbocycles. The molecule has 0 bridgehead atoms. The number of nitrogens with one attached hydrogen (secondary N) is 1. The Bertz CT molecular complexity index is 1260. The Morgan fingerprint density at radius 1 is 1.35 bits per heavy atom. The van der Waals surface area contributed by atoms with Gasteiger partial charge in [-0.25, -0.2) is 10.1 Å². The Labute approximate surface area is 178 Å². The molecule has 1 amide bonds. The number of thiophene rings is 1. The van der Waals surface area contributed by atoms with Gasteiger partial charge in [-0.3, -0.25) is 4.79 Å². The third kappa shape index (κ3) is 3.81. The van der Waals surface area contributed by atoms with Crippen molar-refractivity contribution in [2.45, 2.75) is 6.92 Å². The Kier molecular flexibility index (Phi) is 5.32. The number of anilines is 1. The number of hydrogen-bond donors (Lipinski definition) is 3. The number of carbonyl (C=O) groups is 1. The second kappa shape index (κ2) is 8.23. The van der Waals surface area contributed by atoms with Crippen LogP contribution in [-0.4, -0.2) is 49.1 Å². The highest BCUT2D eigenvalue weighted by Gasteiger charge is 2.25. The van der Waals surface area contributed by atoms with Crippen LogP contribution < -0.4 is 15.9 Å². The molecule has 4 aromatic rings. The molecular formula is C18H16N8O4S. The number of aromatic nitrogens is 5. The van der Waals surface area contributed by atoms with Crippen molar-refractivity contribution in [3.8, 4) is 27.9 Å². The molecule has 31 heavy (non-hydrogen) atoms. The molecule has 158 valence electrons. The van der Waals surface area contributed by atoms with Crippen LogP contribution >= 0.6 is 11.3 Å². The van der Waals surface area contributed by atoms with E-state index in [9.17, 15) is 9.90 Å². The largest absolute Gasteiger partial charge is 0.504 e. The fraction of sp³-hybridized carbons (Fsp3) is 0.111. The van der Waals surface area contributed by atoms with Gasteiger partial charge in [-0.15, -0.1) is 16.4 Å². The number of carbonyl (C=O) groups excluding carboxylic acids is 1. The Morgan fingerprint density at radius 3 is 2.87 bits per heavy atom. The van der Waals surface area contributed by atoms with E-state index in [2.05, 4.69) is 35.8 Å². The van der Waals surface area contributed by atoms with Crippen molar-refractivity contribution in [2.24, 2.45) is 5.10 Å². The van der Waals surface area contributed by atoms with Crippen molar-refractivity contribution < 1.29 is 19.3 Å². The van der Waals surface area contributed by atoms with Crippen molar-refractivity contribution in [3.63, 3.8) is 0 Å². The molecule has 13 heteroatoms. The van der Waals surface area contributed by atoms with Crippen LogP contribution in [0, 0.1) is 0 Å². The number of hydrogen-bond acceptors (Lipinski definition) is 11. The van der Waals surface area contributed by atoms with Gasteiger partial charge in [0.05, 0.1) is 17.7 Å². The molecule has 0 aliphatic rings. The summed E-state index contributed by atoms with van der Waals surface area (Å²) in [5, 5.41) is 30.9. The number of phenols is 1. The topological polar surface area (TPSA) is 167 Å². The van der Waals surface area contributed by atoms with Gasteiger partial charge in [0.25, 0.3) is 5.91 Å². The van der Waals surface area contributed by atoms with Crippen LogP contribution in [0.25, 0.3) is 16.4 Å². The summed E-state index contributed by atoms with van der Waals surface area (Å²) < 4.78 is 11.0. The zero-order chi connectivity index (χ0) is 22.0. The third-order valence-corrected chi connectivity index (χ3v) is 5.14. The lowest BCUT2D eigenvalue weighted by atomic mass is 10.1. The number of benzene rings is 1. The number of rotatable bonds is 6. The van der Waals surface area contributed by atoms with E-state index in [1.165, 1.54) is 29.2 Å². The van der Waals surface area contributed by atoms with Gasteiger partial charge in [-0.1, -0.05) is 11.3 Å². The predicted octanol–water partition coefficient (Wildman–Crippen LogP) is 1.83. The van der Waals surface area contributed by atoms with Crippen molar-refractivity contribution in [1.29, 1.82) is 0 Å². The second-order valence-electron chi connectivity index (χ2n) is 6.17. The van der Waals surface area contributed by atoms with E-state index in [1.54, 1.807) is 25.1 Å². The number of nitrogen functional groups attached to an aromatic ring is 1. The van der Waals surface area contributed by atoms with E-state index in [0.717, 1.165) is 0 Å². The molecule has 0 atom stereocenters. The normalized spacial score (nSPS) is 11.5. The lowest BCUT2D eigenvalue weighted by molar-refractivity contribution is 0.0950. The fourth-order valence-corrected chi connectivity index (χ4v) is 3.47. The van der Waals surface area contributed by atoms with Gasteiger partial charge in [0.15, 0.2) is 17.2 Å². The summed E-state index contributed by atoms with van der Waals surface area (Å²) in [6, 6.07) is 8.36. The molecule has 4 N–H and O–H groups in total. The van der Waals surface area contributed by atoms with Gasteiger partial charge < -0.3 is 15.6 Å². The lowest BCUT2D eigenvalue weighted by Gasteiger charge is -2.07. The van der Waals surface area contributed by atoms with Crippen LogP contribution in [0.3, 0.4) is 0 Å². The summed E-state index contributed by atoms with van der Waals surface area (Å²) in [6.45, 7) is 1.70. The van der Waals surface area contributed by atoms with E-state index in [0.29, 0.717) is 27.6 Å². The molecule has 0 saturated heterocycles. The first kappa shape index (κ1) is 20.0. The van der Waals surface area contributed by atoms with Crippen LogP contribution in [0.15, 0.2) is 45.4 Å². The van der Waals surface area contributed by atoms with Crippen LogP contribution in [0.5, 0.6) is 11.5 Å². The molecule has 0 saturated carbocycles. The zero-order valence-electron chi connectivity index (χ0n) is 16.3. The summed E-state index contributed by atoms with van der Waals surface area (Å²) in [5.74, 6) is -0.174. The van der Waals surface area contributed by atoms with Gasteiger partial charge in [0.2, 0.25) is 11.6 Å². The van der Waals surface area contributed by atoms with Crippen LogP contribution in [0.1, 0.15) is 23.0 Å². The maximum absolute atomic E-state index is 12.9. The number of hydrazone groups is 1. The first-order valence-corrected chi connectivity index (χ1v) is 9.67. The Hall–Kier alpha value is -4.26. The Morgan fingerprint density at radius 2 is 2.19 bits per heavy atom. The van der Waals surface area contributed by atoms with Crippen molar-refractivity contribution >= 4 is 28.8 Å². The SMILES string of the molecule is COc1cc(/C(C)=N\NC(=O)c2nnn(-c3nonc3N)c2-c2cccs2)ccc1O. The van der Waals surface area contributed by atoms with E-state index in [1.807, 2.05) is 11.4 Å². The van der Waals surface area contributed by atoms with Crippen LogP contribution in [-0.2, 0) is 0 Å². The number of nitrogens with zero attached hydrogens (tertiary/aromatic N) is 6. The summed E-state index contributed by atoms with van der Waals surface area (Å²) in [4.78, 5) is 13.6. The van der Waals surface area contributed by atoms with Crippen molar-refractivity contribution in [3.05, 3.63) is 47.0 Å². The minimum atomic E-state index is -0.588. The maximum Gasteiger partial charge on any atom is 0.294 e. The highest BCUT2D eigenvalue weighted by atomic mass is 32.1. The average Bonchev–Trinajstić information content (AvgIpc) is 3.52. The molecule has 0 unspecified atom stereocenters. The number of ether oxygens (including phenoxy) is 1. The van der Waals surface area contributed by atoms with E-state index in [4.69, 9.17) is 10.5 Å². The van der Waals surface area contributed by atoms with Gasteiger partial charge >= 0.3 is 0 Å². The first-order chi connectivity index (χ1) is 15.0. The van der Waals surface area contributed by atoms with Crippen LogP contribution in [0.4, 0.5) is 5.82 Å². The molecule has 0 radical (unpaired) electrons. The standard InChI is InChI=1S/C18H16N8O4S/c1-9(10-5-6-11(27)12(8-10)29-2)20-22-18(28)14-15(13-4-3-7-31-13)26(25-21-14)17-16(19)23-30-24-17/h3-8,27H,1-2H3,(H2,19,23)(H,22,28)/b20-9-. The maximum atomic E-state index is 12.9. The predicted molar refractivity (Wildman–Crippen MR) is 111 cm³/mol. The molecule has 3 heterocycles. The minimum Gasteiger partial charge on any atom is -0.504 e. The molecule has 0 fully saturated rings. The van der Waals surface area contributed by atoms with Crippen molar-refractivity contribution in [1.82, 2.24) is 30.7 Å². The number of aromatic hydroxyl groups is 1. The third-order valence-electron chi connectivity index (χ3n) is 4.26. The van der Waals surface area contributed by atoms with Crippen LogP contribution in [0.2, 0.25) is 0 Å². The number of amides is 1. The van der Waals surface area contributed by atoms with Gasteiger partial charge in [0, 0.05) is 5.56 Å². The van der Waals surface area contributed by atoms with E-state index >= 15 is 0 Å². The second-order valence-corrected chi connectivity index (χ2v) is 7.12. The minimum absolute atomic E-state index is 0.00177. The molecule has 0 aliphatic heterocycles. The first-order valence-electron chi connectivity index (χ1n) is 8.79. The monoisotopic (exact) mass is 440 g/mol. The molecule has 12 nitrogen and oxygen atoms in total. The van der Waals surface area contributed by atoms with Crippen molar-refractivity contribution in [2.75, 3.05) is 12.8 Å².